The minimum Gasteiger partial charge on any atom is -0.375 e. The topological polar surface area (TPSA) is 38.9 Å². The maximum absolute atomic E-state index is 5.60. The Balaban J connectivity index is 2.29. The van der Waals surface area contributed by atoms with Crippen LogP contribution in [0.3, 0.4) is 0 Å². The van der Waals surface area contributed by atoms with Crippen molar-refractivity contribution in [1.82, 2.24) is 4.98 Å². The fourth-order valence-corrected chi connectivity index (χ4v) is 2.17. The van der Waals surface area contributed by atoms with Gasteiger partial charge < -0.3 is 5.73 Å². The van der Waals surface area contributed by atoms with E-state index in [4.69, 9.17) is 5.73 Å². The molecule has 1 aromatic carbocycles. The Morgan fingerprint density at radius 1 is 1.29 bits per heavy atom. The van der Waals surface area contributed by atoms with Gasteiger partial charge in [-0.2, -0.15) is 0 Å². The summed E-state index contributed by atoms with van der Waals surface area (Å²) in [5.41, 5.74) is 6.90. The highest BCUT2D eigenvalue weighted by Crippen LogP contribution is 2.29. The van der Waals surface area contributed by atoms with E-state index in [9.17, 15) is 0 Å². The van der Waals surface area contributed by atoms with Gasteiger partial charge in [-0.25, -0.2) is 4.98 Å². The summed E-state index contributed by atoms with van der Waals surface area (Å²) in [5.74, 6) is 0.381. The number of thiazole rings is 1. The molecule has 3 heteroatoms. The number of benzene rings is 1. The first-order valence-electron chi connectivity index (χ1n) is 4.53. The Morgan fingerprint density at radius 3 is 2.57 bits per heavy atom. The number of nitrogens with two attached hydrogens (primary N) is 1. The zero-order valence-corrected chi connectivity index (χ0v) is 8.79. The largest absolute Gasteiger partial charge is 0.375 e. The molecule has 1 heterocycles. The predicted octanol–water partition coefficient (Wildman–Crippen LogP) is 2.88. The number of hydrogen-bond acceptors (Lipinski definition) is 3. The van der Waals surface area contributed by atoms with Crippen molar-refractivity contribution in [2.75, 3.05) is 5.73 Å². The van der Waals surface area contributed by atoms with Crippen molar-refractivity contribution in [3.63, 3.8) is 0 Å². The highest BCUT2D eigenvalue weighted by Gasteiger charge is 2.10. The first-order chi connectivity index (χ1) is 6.77. The molecule has 0 aliphatic carbocycles. The standard InChI is InChI=1S/C11H12N2S/c1-8(9-5-3-2-4-6-9)10-7-13-11(12)14-10/h2-8H,1H3,(H2,12,13). The Bertz CT molecular complexity index is 408. The lowest BCUT2D eigenvalue weighted by Gasteiger charge is -2.07. The van der Waals surface area contributed by atoms with Crippen molar-refractivity contribution >= 4 is 16.5 Å². The molecule has 0 amide bonds. The lowest BCUT2D eigenvalue weighted by atomic mass is 10.0. The maximum atomic E-state index is 5.60. The molecular weight excluding hydrogens is 192 g/mol. The summed E-state index contributed by atoms with van der Waals surface area (Å²) < 4.78 is 0. The Kier molecular flexibility index (Phi) is 2.50. The molecule has 1 unspecified atom stereocenters. The van der Waals surface area contributed by atoms with Gasteiger partial charge in [0, 0.05) is 17.0 Å². The molecule has 72 valence electrons. The number of nitrogen functional groups attached to an aromatic ring is 1. The molecule has 0 bridgehead atoms. The van der Waals surface area contributed by atoms with E-state index >= 15 is 0 Å². The number of anilines is 1. The zero-order chi connectivity index (χ0) is 9.97. The van der Waals surface area contributed by atoms with Gasteiger partial charge in [0.2, 0.25) is 0 Å². The van der Waals surface area contributed by atoms with Crippen LogP contribution in [0.2, 0.25) is 0 Å². The van der Waals surface area contributed by atoms with Crippen LogP contribution in [0.4, 0.5) is 5.13 Å². The quantitative estimate of drug-likeness (QED) is 0.817. The van der Waals surface area contributed by atoms with E-state index in [0.717, 1.165) is 0 Å². The van der Waals surface area contributed by atoms with Crippen molar-refractivity contribution in [2.45, 2.75) is 12.8 Å². The van der Waals surface area contributed by atoms with Crippen molar-refractivity contribution in [2.24, 2.45) is 0 Å². The lowest BCUT2D eigenvalue weighted by molar-refractivity contribution is 0.942. The molecule has 0 aliphatic rings. The van der Waals surface area contributed by atoms with Crippen LogP contribution in [0, 0.1) is 0 Å². The first-order valence-corrected chi connectivity index (χ1v) is 5.35. The SMILES string of the molecule is CC(c1ccccc1)c1cnc(N)s1. The minimum absolute atomic E-state index is 0.381. The fourth-order valence-electron chi connectivity index (χ4n) is 1.41. The second-order valence-corrected chi connectivity index (χ2v) is 4.33. The molecule has 0 radical (unpaired) electrons. The molecule has 0 saturated heterocycles. The molecule has 2 aromatic rings. The van der Waals surface area contributed by atoms with Gasteiger partial charge in [0.15, 0.2) is 5.13 Å². The van der Waals surface area contributed by atoms with Crippen LogP contribution in [0.25, 0.3) is 0 Å². The minimum atomic E-state index is 0.381. The van der Waals surface area contributed by atoms with E-state index in [1.165, 1.54) is 10.4 Å². The molecule has 1 atom stereocenters. The van der Waals surface area contributed by atoms with E-state index in [-0.39, 0.29) is 0 Å². The molecule has 2 nitrogen and oxygen atoms in total. The van der Waals surface area contributed by atoms with E-state index in [0.29, 0.717) is 11.0 Å². The van der Waals surface area contributed by atoms with Gasteiger partial charge in [0.25, 0.3) is 0 Å². The van der Waals surface area contributed by atoms with Gasteiger partial charge in [0.05, 0.1) is 0 Å². The van der Waals surface area contributed by atoms with E-state index in [1.54, 1.807) is 11.3 Å². The first kappa shape index (κ1) is 9.21. The second-order valence-electron chi connectivity index (χ2n) is 3.23. The van der Waals surface area contributed by atoms with Gasteiger partial charge in [-0.1, -0.05) is 37.3 Å². The van der Waals surface area contributed by atoms with E-state index in [2.05, 4.69) is 36.2 Å². The van der Waals surface area contributed by atoms with Crippen LogP contribution in [-0.2, 0) is 0 Å². The second kappa shape index (κ2) is 3.80. The molecule has 0 fully saturated rings. The molecule has 0 spiro atoms. The highest BCUT2D eigenvalue weighted by molar-refractivity contribution is 7.15. The van der Waals surface area contributed by atoms with Crippen LogP contribution in [0.15, 0.2) is 36.5 Å². The van der Waals surface area contributed by atoms with Crippen LogP contribution in [-0.4, -0.2) is 4.98 Å². The number of nitrogens with zero attached hydrogens (tertiary/aromatic N) is 1. The van der Waals surface area contributed by atoms with Gasteiger partial charge in [-0.15, -0.1) is 11.3 Å². The average molecular weight is 204 g/mol. The molecule has 1 aromatic heterocycles. The van der Waals surface area contributed by atoms with Crippen LogP contribution >= 0.6 is 11.3 Å². The Hall–Kier alpha value is -1.35. The summed E-state index contributed by atoms with van der Waals surface area (Å²) in [6.45, 7) is 2.17. The molecular formula is C11H12N2S. The van der Waals surface area contributed by atoms with Gasteiger partial charge in [-0.05, 0) is 5.56 Å². The predicted molar refractivity (Wildman–Crippen MR) is 60.5 cm³/mol. The average Bonchev–Trinajstić information content (AvgIpc) is 2.65. The van der Waals surface area contributed by atoms with Gasteiger partial charge >= 0.3 is 0 Å². The molecule has 2 N–H and O–H groups in total. The van der Waals surface area contributed by atoms with Crippen molar-refractivity contribution in [3.05, 3.63) is 47.0 Å². The molecule has 14 heavy (non-hydrogen) atoms. The lowest BCUT2D eigenvalue weighted by Crippen LogP contribution is -1.91. The van der Waals surface area contributed by atoms with Crippen molar-refractivity contribution in [1.29, 1.82) is 0 Å². The normalized spacial score (nSPS) is 12.6. The van der Waals surface area contributed by atoms with Crippen LogP contribution < -0.4 is 5.73 Å². The third kappa shape index (κ3) is 1.77. The van der Waals surface area contributed by atoms with E-state index in [1.807, 2.05) is 12.3 Å². The highest BCUT2D eigenvalue weighted by atomic mass is 32.1. The monoisotopic (exact) mass is 204 g/mol. The Labute approximate surface area is 87.4 Å². The summed E-state index contributed by atoms with van der Waals surface area (Å²) in [6.07, 6.45) is 1.86. The summed E-state index contributed by atoms with van der Waals surface area (Å²) in [4.78, 5) is 5.28. The smallest absolute Gasteiger partial charge is 0.180 e. The van der Waals surface area contributed by atoms with Crippen molar-refractivity contribution < 1.29 is 0 Å². The van der Waals surface area contributed by atoms with E-state index < -0.39 is 0 Å². The number of aromatic nitrogens is 1. The summed E-state index contributed by atoms with van der Waals surface area (Å²) in [6, 6.07) is 10.4. The molecule has 2 rings (SSSR count). The fraction of sp³-hybridized carbons (Fsp3) is 0.182. The summed E-state index contributed by atoms with van der Waals surface area (Å²) in [5, 5.41) is 0.641. The van der Waals surface area contributed by atoms with Crippen molar-refractivity contribution in [3.8, 4) is 0 Å². The maximum Gasteiger partial charge on any atom is 0.180 e. The van der Waals surface area contributed by atoms with Crippen LogP contribution in [0.5, 0.6) is 0 Å². The zero-order valence-electron chi connectivity index (χ0n) is 7.97. The third-order valence-electron chi connectivity index (χ3n) is 2.27. The molecule has 0 saturated carbocycles. The summed E-state index contributed by atoms with van der Waals surface area (Å²) >= 11 is 1.56. The van der Waals surface area contributed by atoms with Crippen LogP contribution in [0.1, 0.15) is 23.3 Å². The molecule has 0 aliphatic heterocycles. The van der Waals surface area contributed by atoms with Gasteiger partial charge in [0.1, 0.15) is 0 Å². The number of hydrogen-bond donors (Lipinski definition) is 1. The summed E-state index contributed by atoms with van der Waals surface area (Å²) in [7, 11) is 0. The Morgan fingerprint density at radius 2 is 2.00 bits per heavy atom. The van der Waals surface area contributed by atoms with Gasteiger partial charge in [-0.3, -0.25) is 0 Å². The number of rotatable bonds is 2. The third-order valence-corrected chi connectivity index (χ3v) is 3.28.